The molecule has 5 rings (SSSR count). The number of ether oxygens (including phenoxy) is 2. The Balaban J connectivity index is 1.10. The van der Waals surface area contributed by atoms with Gasteiger partial charge in [-0.2, -0.15) is 4.31 Å². The number of nitrogens with zero attached hydrogens (tertiary/aromatic N) is 1. The van der Waals surface area contributed by atoms with Crippen molar-refractivity contribution in [2.24, 2.45) is 0 Å². The first-order valence-electron chi connectivity index (χ1n) is 14.0. The Morgan fingerprint density at radius 1 is 1.00 bits per heavy atom. The van der Waals surface area contributed by atoms with Crippen molar-refractivity contribution in [3.8, 4) is 5.75 Å². The van der Waals surface area contributed by atoms with E-state index in [0.29, 0.717) is 31.6 Å². The molecule has 0 bridgehead atoms. The lowest BCUT2D eigenvalue weighted by Gasteiger charge is -2.37. The highest BCUT2D eigenvalue weighted by molar-refractivity contribution is 7.92. The largest absolute Gasteiger partial charge is 0.491 e. The first kappa shape index (κ1) is 33.0. The van der Waals surface area contributed by atoms with Crippen LogP contribution >= 0.6 is 11.3 Å². The van der Waals surface area contributed by atoms with Crippen LogP contribution in [0.2, 0.25) is 0 Å². The normalized spacial score (nSPS) is 20.1. The van der Waals surface area contributed by atoms with E-state index in [-0.39, 0.29) is 51.2 Å². The van der Waals surface area contributed by atoms with Gasteiger partial charge >= 0.3 is 0 Å². The predicted molar refractivity (Wildman–Crippen MR) is 163 cm³/mol. The molecule has 0 amide bonds. The maximum absolute atomic E-state index is 13.4. The van der Waals surface area contributed by atoms with Crippen LogP contribution in [-0.2, 0) is 34.6 Å². The predicted octanol–water partition coefficient (Wildman–Crippen LogP) is 1.83. The van der Waals surface area contributed by atoms with Crippen molar-refractivity contribution in [3.05, 3.63) is 66.0 Å². The second kappa shape index (κ2) is 13.1. The Bertz CT molecular complexity index is 1770. The molecule has 240 valence electrons. The second-order valence-corrected chi connectivity index (χ2v) is 17.7. The maximum atomic E-state index is 13.4. The van der Waals surface area contributed by atoms with Gasteiger partial charge in [-0.05, 0) is 56.6 Å². The Kier molecular flexibility index (Phi) is 9.84. The summed E-state index contributed by atoms with van der Waals surface area (Å²) in [5, 5.41) is 15.1. The Hall–Kier alpha value is -2.41. The molecular weight excluding hydrogens is 651 g/mol. The second-order valence-electron chi connectivity index (χ2n) is 10.8. The van der Waals surface area contributed by atoms with E-state index in [1.807, 2.05) is 0 Å². The molecule has 2 atom stereocenters. The SMILES string of the molecule is CNS(=O)(=O)c1cccc(OCC(O)CNC2COC3(CCN(S(=O)(=O)c4cc(S(=O)(=O)c5ccccc5)cs4)CC3)C2)c1. The summed E-state index contributed by atoms with van der Waals surface area (Å²) in [6, 6.07) is 15.1. The first-order chi connectivity index (χ1) is 20.8. The zero-order valence-electron chi connectivity index (χ0n) is 24.0. The topological polar surface area (TPSA) is 168 Å². The molecule has 2 saturated heterocycles. The van der Waals surface area contributed by atoms with Crippen LogP contribution in [0.1, 0.15) is 19.3 Å². The van der Waals surface area contributed by atoms with Crippen LogP contribution in [0.5, 0.6) is 5.75 Å². The summed E-state index contributed by atoms with van der Waals surface area (Å²) < 4.78 is 91.9. The summed E-state index contributed by atoms with van der Waals surface area (Å²) in [4.78, 5) is 0.126. The number of nitrogens with one attached hydrogen (secondary N) is 2. The number of benzene rings is 2. The fourth-order valence-corrected chi connectivity index (χ4v) is 10.6. The third kappa shape index (κ3) is 7.18. The first-order valence-corrected chi connectivity index (χ1v) is 19.2. The Labute approximate surface area is 262 Å². The molecule has 3 heterocycles. The lowest BCUT2D eigenvalue weighted by Crippen LogP contribution is -2.47. The van der Waals surface area contributed by atoms with Crippen molar-refractivity contribution >= 4 is 41.2 Å². The van der Waals surface area contributed by atoms with E-state index in [1.54, 1.807) is 30.3 Å². The van der Waals surface area contributed by atoms with Crippen molar-refractivity contribution in [1.82, 2.24) is 14.3 Å². The lowest BCUT2D eigenvalue weighted by molar-refractivity contribution is -0.0311. The van der Waals surface area contributed by atoms with Gasteiger partial charge in [-0.1, -0.05) is 24.3 Å². The molecule has 2 aromatic carbocycles. The highest BCUT2D eigenvalue weighted by Gasteiger charge is 2.45. The average Bonchev–Trinajstić information content (AvgIpc) is 3.69. The molecule has 0 saturated carbocycles. The highest BCUT2D eigenvalue weighted by Crippen LogP contribution is 2.38. The molecule has 2 unspecified atom stereocenters. The van der Waals surface area contributed by atoms with Crippen molar-refractivity contribution in [2.75, 3.05) is 39.9 Å². The molecule has 0 aliphatic carbocycles. The van der Waals surface area contributed by atoms with Crippen molar-refractivity contribution in [2.45, 2.75) is 55.9 Å². The van der Waals surface area contributed by atoms with E-state index < -0.39 is 41.6 Å². The Morgan fingerprint density at radius 3 is 2.41 bits per heavy atom. The van der Waals surface area contributed by atoms with E-state index in [2.05, 4.69) is 10.0 Å². The van der Waals surface area contributed by atoms with Crippen LogP contribution in [0.3, 0.4) is 0 Å². The molecule has 2 aliphatic rings. The average molecular weight is 686 g/mol. The number of thiophene rings is 1. The van der Waals surface area contributed by atoms with Crippen LogP contribution in [0.25, 0.3) is 0 Å². The van der Waals surface area contributed by atoms with Gasteiger partial charge < -0.3 is 19.9 Å². The van der Waals surface area contributed by atoms with Crippen molar-refractivity contribution < 1.29 is 39.8 Å². The van der Waals surface area contributed by atoms with Crippen LogP contribution in [0.4, 0.5) is 0 Å². The van der Waals surface area contributed by atoms with Crippen molar-refractivity contribution in [3.63, 3.8) is 0 Å². The molecule has 44 heavy (non-hydrogen) atoms. The molecule has 1 aromatic heterocycles. The highest BCUT2D eigenvalue weighted by atomic mass is 32.2. The minimum absolute atomic E-state index is 0.0126. The summed E-state index contributed by atoms with van der Waals surface area (Å²) in [5.74, 6) is 0.321. The van der Waals surface area contributed by atoms with Crippen LogP contribution in [0, 0.1) is 0 Å². The molecule has 0 radical (unpaired) electrons. The van der Waals surface area contributed by atoms with Crippen LogP contribution < -0.4 is 14.8 Å². The fourth-order valence-electron chi connectivity index (χ4n) is 5.30. The monoisotopic (exact) mass is 685 g/mol. The quantitative estimate of drug-likeness (QED) is 0.256. The van der Waals surface area contributed by atoms with Gasteiger partial charge in [0.25, 0.3) is 10.0 Å². The van der Waals surface area contributed by atoms with Gasteiger partial charge in [0.2, 0.25) is 19.9 Å². The molecule has 1 spiro atoms. The number of rotatable bonds is 12. The Morgan fingerprint density at radius 2 is 1.70 bits per heavy atom. The number of aliphatic hydroxyl groups excluding tert-OH is 1. The van der Waals surface area contributed by atoms with E-state index >= 15 is 0 Å². The number of hydrogen-bond donors (Lipinski definition) is 3. The van der Waals surface area contributed by atoms with Gasteiger partial charge in [-0.3, -0.25) is 0 Å². The number of hydrogen-bond acceptors (Lipinski definition) is 11. The number of piperidine rings is 1. The van der Waals surface area contributed by atoms with Crippen LogP contribution in [0.15, 0.2) is 84.9 Å². The fraction of sp³-hybridized carbons (Fsp3) is 0.429. The molecule has 12 nitrogen and oxygen atoms in total. The summed E-state index contributed by atoms with van der Waals surface area (Å²) >= 11 is 0.897. The zero-order valence-corrected chi connectivity index (χ0v) is 27.2. The van der Waals surface area contributed by atoms with E-state index in [9.17, 15) is 30.4 Å². The molecular formula is C28H35N3O9S4. The molecule has 2 aliphatic heterocycles. The smallest absolute Gasteiger partial charge is 0.252 e. The van der Waals surface area contributed by atoms with E-state index in [4.69, 9.17) is 9.47 Å². The third-order valence-electron chi connectivity index (χ3n) is 7.82. The summed E-state index contributed by atoms with van der Waals surface area (Å²) in [6.07, 6.45) is 0.770. The van der Waals surface area contributed by atoms with Gasteiger partial charge in [-0.25, -0.2) is 30.0 Å². The third-order valence-corrected chi connectivity index (χ3v) is 14.4. The number of aliphatic hydroxyl groups is 1. The van der Waals surface area contributed by atoms with Gasteiger partial charge in [0, 0.05) is 37.1 Å². The van der Waals surface area contributed by atoms with Crippen LogP contribution in [-0.4, -0.2) is 92.3 Å². The molecule has 16 heteroatoms. The molecule has 2 fully saturated rings. The standard InChI is InChI=1S/C28H35N3O9S4/c1-29-43(35,36)25-9-5-6-23(14-25)39-19-22(32)17-30-21-16-28(40-18-21)10-12-31(13-11-28)44(37,38)27-15-26(20-41-27)42(33,34)24-7-3-2-4-8-24/h2-9,14-15,20-22,29-30,32H,10-13,16-19H2,1H3. The summed E-state index contributed by atoms with van der Waals surface area (Å²) in [5.41, 5.74) is -0.484. The van der Waals surface area contributed by atoms with Gasteiger partial charge in [0.15, 0.2) is 0 Å². The lowest BCUT2D eigenvalue weighted by atomic mass is 9.88. The van der Waals surface area contributed by atoms with Gasteiger partial charge in [0.05, 0.1) is 26.9 Å². The molecule has 3 aromatic rings. The van der Waals surface area contributed by atoms with Gasteiger partial charge in [0.1, 0.15) is 22.7 Å². The maximum Gasteiger partial charge on any atom is 0.252 e. The van der Waals surface area contributed by atoms with E-state index in [1.165, 1.54) is 47.1 Å². The van der Waals surface area contributed by atoms with E-state index in [0.717, 1.165) is 11.3 Å². The number of sulfone groups is 1. The molecule has 3 N–H and O–H groups in total. The minimum atomic E-state index is -3.87. The number of sulfonamides is 2. The summed E-state index contributed by atoms with van der Waals surface area (Å²) in [7, 11) is -9.98. The van der Waals surface area contributed by atoms with Gasteiger partial charge in [-0.15, -0.1) is 11.3 Å². The zero-order chi connectivity index (χ0) is 31.6. The summed E-state index contributed by atoms with van der Waals surface area (Å²) in [6.45, 7) is 1.08. The van der Waals surface area contributed by atoms with Crippen molar-refractivity contribution in [1.29, 1.82) is 0 Å². The minimum Gasteiger partial charge on any atom is -0.491 e.